The lowest BCUT2D eigenvalue weighted by molar-refractivity contribution is -0.118. The van der Waals surface area contributed by atoms with Crippen molar-refractivity contribution < 1.29 is 14.3 Å². The smallest absolute Gasteiger partial charge is 0.262 e. The summed E-state index contributed by atoms with van der Waals surface area (Å²) in [6, 6.07) is 23.7. The van der Waals surface area contributed by atoms with Crippen LogP contribution >= 0.6 is 0 Å². The third kappa shape index (κ3) is 5.40. The van der Waals surface area contributed by atoms with Gasteiger partial charge in [-0.2, -0.15) is 10.2 Å². The first-order valence-corrected chi connectivity index (χ1v) is 8.37. The lowest BCUT2D eigenvalue weighted by atomic mass is 10.3. The highest BCUT2D eigenvalue weighted by atomic mass is 16.5. The summed E-state index contributed by atoms with van der Waals surface area (Å²) < 4.78 is 10.7. The van der Waals surface area contributed by atoms with E-state index < -0.39 is 0 Å². The Balaban J connectivity index is 1.53. The number of benzene rings is 3. The van der Waals surface area contributed by atoms with E-state index in [4.69, 9.17) is 9.47 Å². The van der Waals surface area contributed by atoms with Gasteiger partial charge in [0.15, 0.2) is 18.1 Å². The Labute approximate surface area is 157 Å². The van der Waals surface area contributed by atoms with Crippen molar-refractivity contribution in [2.24, 2.45) is 10.2 Å². The van der Waals surface area contributed by atoms with Gasteiger partial charge < -0.3 is 14.8 Å². The molecule has 0 aromatic heterocycles. The van der Waals surface area contributed by atoms with E-state index in [9.17, 15) is 4.79 Å². The molecule has 0 aliphatic rings. The molecule has 0 saturated carbocycles. The fourth-order valence-electron chi connectivity index (χ4n) is 2.30. The van der Waals surface area contributed by atoms with Gasteiger partial charge in [-0.25, -0.2) is 0 Å². The lowest BCUT2D eigenvalue weighted by Gasteiger charge is -2.10. The number of nitrogens with zero attached hydrogens (tertiary/aromatic N) is 2. The predicted octanol–water partition coefficient (Wildman–Crippen LogP) is 5.13. The van der Waals surface area contributed by atoms with Gasteiger partial charge in [0.05, 0.1) is 18.5 Å². The molecule has 3 aromatic rings. The number of hydrogen-bond acceptors (Lipinski definition) is 5. The highest BCUT2D eigenvalue weighted by Crippen LogP contribution is 2.25. The van der Waals surface area contributed by atoms with E-state index in [1.807, 2.05) is 42.5 Å². The van der Waals surface area contributed by atoms with Crippen molar-refractivity contribution in [2.75, 3.05) is 19.0 Å². The van der Waals surface area contributed by atoms with Gasteiger partial charge in [-0.05, 0) is 48.5 Å². The maximum absolute atomic E-state index is 12.1. The summed E-state index contributed by atoms with van der Waals surface area (Å²) in [5.41, 5.74) is 2.13. The summed E-state index contributed by atoms with van der Waals surface area (Å²) in [5, 5.41) is 11.1. The molecule has 0 atom stereocenters. The fraction of sp³-hybridized carbons (Fsp3) is 0.0952. The molecule has 1 amide bonds. The SMILES string of the molecule is COc1ccccc1OCC(=O)Nc1ccc(N=Nc2ccccc2)cc1. The molecular formula is C21H19N3O3. The van der Waals surface area contributed by atoms with Crippen LogP contribution in [0.2, 0.25) is 0 Å². The zero-order valence-corrected chi connectivity index (χ0v) is 14.8. The Kier molecular flexibility index (Phi) is 6.14. The number of hydrogen-bond donors (Lipinski definition) is 1. The molecule has 0 spiro atoms. The van der Waals surface area contributed by atoms with Crippen LogP contribution in [0.4, 0.5) is 17.1 Å². The van der Waals surface area contributed by atoms with Gasteiger partial charge in [-0.3, -0.25) is 4.79 Å². The standard InChI is InChI=1S/C21H19N3O3/c1-26-19-9-5-6-10-20(19)27-15-21(25)22-16-11-13-18(14-12-16)24-23-17-7-3-2-4-8-17/h2-14H,15H2,1H3,(H,22,25). The van der Waals surface area contributed by atoms with Crippen molar-refractivity contribution in [2.45, 2.75) is 0 Å². The molecule has 3 aromatic carbocycles. The summed E-state index contributed by atoms with van der Waals surface area (Å²) in [5.74, 6) is 0.838. The van der Waals surface area contributed by atoms with Crippen LogP contribution < -0.4 is 14.8 Å². The zero-order chi connectivity index (χ0) is 18.9. The van der Waals surface area contributed by atoms with Crippen molar-refractivity contribution in [3.8, 4) is 11.5 Å². The number of nitrogens with one attached hydrogen (secondary N) is 1. The minimum Gasteiger partial charge on any atom is -0.493 e. The van der Waals surface area contributed by atoms with Crippen LogP contribution in [-0.4, -0.2) is 19.6 Å². The molecular weight excluding hydrogens is 342 g/mol. The van der Waals surface area contributed by atoms with Gasteiger partial charge in [0.1, 0.15) is 0 Å². The zero-order valence-electron chi connectivity index (χ0n) is 14.8. The molecule has 0 unspecified atom stereocenters. The highest BCUT2D eigenvalue weighted by Gasteiger charge is 2.07. The summed E-state index contributed by atoms with van der Waals surface area (Å²) in [6.45, 7) is -0.115. The summed E-state index contributed by atoms with van der Waals surface area (Å²) in [7, 11) is 1.55. The number of carbonyl (C=O) groups is 1. The molecule has 6 nitrogen and oxygen atoms in total. The number of ether oxygens (including phenoxy) is 2. The van der Waals surface area contributed by atoms with Gasteiger partial charge in [-0.1, -0.05) is 30.3 Å². The molecule has 136 valence electrons. The molecule has 27 heavy (non-hydrogen) atoms. The Morgan fingerprint density at radius 3 is 2.07 bits per heavy atom. The van der Waals surface area contributed by atoms with E-state index in [2.05, 4.69) is 15.5 Å². The minimum atomic E-state index is -0.264. The first kappa shape index (κ1) is 18.1. The average molecular weight is 361 g/mol. The fourth-order valence-corrected chi connectivity index (χ4v) is 2.30. The second-order valence-electron chi connectivity index (χ2n) is 5.57. The monoisotopic (exact) mass is 361 g/mol. The maximum atomic E-state index is 12.1. The second kappa shape index (κ2) is 9.15. The lowest BCUT2D eigenvalue weighted by Crippen LogP contribution is -2.20. The topological polar surface area (TPSA) is 72.3 Å². The number of azo groups is 1. The van der Waals surface area contributed by atoms with Crippen molar-refractivity contribution in [3.63, 3.8) is 0 Å². The third-order valence-corrected chi connectivity index (χ3v) is 3.62. The number of para-hydroxylation sites is 2. The van der Waals surface area contributed by atoms with E-state index in [0.717, 1.165) is 5.69 Å². The van der Waals surface area contributed by atoms with E-state index in [1.165, 1.54) is 0 Å². The normalized spacial score (nSPS) is 10.6. The molecule has 0 bridgehead atoms. The van der Waals surface area contributed by atoms with Crippen LogP contribution in [0.15, 0.2) is 89.1 Å². The Hall–Kier alpha value is -3.67. The molecule has 0 aliphatic heterocycles. The molecule has 3 rings (SSSR count). The summed E-state index contributed by atoms with van der Waals surface area (Å²) >= 11 is 0. The van der Waals surface area contributed by atoms with E-state index in [0.29, 0.717) is 22.9 Å². The van der Waals surface area contributed by atoms with Crippen LogP contribution in [-0.2, 0) is 4.79 Å². The second-order valence-corrected chi connectivity index (χ2v) is 5.57. The third-order valence-electron chi connectivity index (χ3n) is 3.62. The van der Waals surface area contributed by atoms with E-state index in [-0.39, 0.29) is 12.5 Å². The molecule has 0 radical (unpaired) electrons. The van der Waals surface area contributed by atoms with Gasteiger partial charge in [-0.15, -0.1) is 0 Å². The number of rotatable bonds is 7. The van der Waals surface area contributed by atoms with E-state index in [1.54, 1.807) is 43.5 Å². The Bertz CT molecular complexity index is 909. The number of methoxy groups -OCH3 is 1. The van der Waals surface area contributed by atoms with Crippen molar-refractivity contribution in [3.05, 3.63) is 78.9 Å². The Morgan fingerprint density at radius 1 is 0.815 bits per heavy atom. The van der Waals surface area contributed by atoms with Crippen LogP contribution in [0, 0.1) is 0 Å². The molecule has 6 heteroatoms. The van der Waals surface area contributed by atoms with Crippen molar-refractivity contribution >= 4 is 23.0 Å². The van der Waals surface area contributed by atoms with E-state index >= 15 is 0 Å². The number of amides is 1. The highest BCUT2D eigenvalue weighted by molar-refractivity contribution is 5.92. The molecule has 0 heterocycles. The first-order valence-electron chi connectivity index (χ1n) is 8.37. The van der Waals surface area contributed by atoms with Crippen LogP contribution in [0.25, 0.3) is 0 Å². The van der Waals surface area contributed by atoms with Crippen LogP contribution in [0.3, 0.4) is 0 Å². The maximum Gasteiger partial charge on any atom is 0.262 e. The molecule has 0 saturated heterocycles. The average Bonchev–Trinajstić information content (AvgIpc) is 2.72. The largest absolute Gasteiger partial charge is 0.493 e. The van der Waals surface area contributed by atoms with Gasteiger partial charge in [0.2, 0.25) is 0 Å². The van der Waals surface area contributed by atoms with Gasteiger partial charge >= 0.3 is 0 Å². The minimum absolute atomic E-state index is 0.115. The summed E-state index contributed by atoms with van der Waals surface area (Å²) in [4.78, 5) is 12.1. The van der Waals surface area contributed by atoms with Crippen molar-refractivity contribution in [1.82, 2.24) is 0 Å². The Morgan fingerprint density at radius 2 is 1.41 bits per heavy atom. The molecule has 1 N–H and O–H groups in total. The first-order chi connectivity index (χ1) is 13.2. The summed E-state index contributed by atoms with van der Waals surface area (Å²) in [6.07, 6.45) is 0. The molecule has 0 fully saturated rings. The number of anilines is 1. The van der Waals surface area contributed by atoms with Gasteiger partial charge in [0.25, 0.3) is 5.91 Å². The number of carbonyl (C=O) groups excluding carboxylic acids is 1. The van der Waals surface area contributed by atoms with Crippen LogP contribution in [0.5, 0.6) is 11.5 Å². The molecule has 0 aliphatic carbocycles. The quantitative estimate of drug-likeness (QED) is 0.593. The predicted molar refractivity (Wildman–Crippen MR) is 104 cm³/mol. The van der Waals surface area contributed by atoms with Crippen LogP contribution in [0.1, 0.15) is 0 Å². The van der Waals surface area contributed by atoms with Crippen molar-refractivity contribution in [1.29, 1.82) is 0 Å². The van der Waals surface area contributed by atoms with Gasteiger partial charge in [0, 0.05) is 5.69 Å².